The molecule has 8 rings (SSSR count). The average molecular weight is 1080 g/mol. The van der Waals surface area contributed by atoms with Crippen LogP contribution in [0.3, 0.4) is 0 Å². The van der Waals surface area contributed by atoms with Crippen molar-refractivity contribution in [2.45, 2.75) is 75.5 Å². The second kappa shape index (κ2) is 27.0. The third-order valence-electron chi connectivity index (χ3n) is 12.8. The van der Waals surface area contributed by atoms with Crippen molar-refractivity contribution in [3.05, 3.63) is 192 Å². The number of carbonyl (C=O) groups excluding carboxylic acids is 1. The number of aliphatic carboxylic acids is 1. The number of benzene rings is 8. The van der Waals surface area contributed by atoms with Crippen LogP contribution in [0.5, 0.6) is 11.5 Å². The Kier molecular flexibility index (Phi) is 21.2. The van der Waals surface area contributed by atoms with E-state index in [1.807, 2.05) is 113 Å². The van der Waals surface area contributed by atoms with E-state index in [-0.39, 0.29) is 65.0 Å². The number of aryl methyl sites for hydroxylation is 2. The fraction of sp³-hybridized carbons (Fsp3) is 0.220. The fourth-order valence-electron chi connectivity index (χ4n) is 8.70. The monoisotopic (exact) mass is 1070 g/mol. The smallest absolute Gasteiger partial charge is 0.870 e. The van der Waals surface area contributed by atoms with E-state index in [9.17, 15) is 31.5 Å². The number of rotatable bonds is 20. The van der Waals surface area contributed by atoms with Crippen molar-refractivity contribution >= 4 is 76.3 Å². The van der Waals surface area contributed by atoms with Gasteiger partial charge in [0.2, 0.25) is 0 Å². The second-order valence-electron chi connectivity index (χ2n) is 18.2. The minimum absolute atomic E-state index is 0. The number of methoxy groups -OCH3 is 3. The zero-order valence-corrected chi connectivity index (χ0v) is 46.1. The van der Waals surface area contributed by atoms with E-state index in [4.69, 9.17) is 14.2 Å². The number of nitrogens with zero attached hydrogens (tertiary/aromatic N) is 2. The molecule has 0 amide bonds. The van der Waals surface area contributed by atoms with Crippen LogP contribution in [0, 0.1) is 13.8 Å². The van der Waals surface area contributed by atoms with Crippen LogP contribution in [0.4, 0.5) is 22.7 Å². The molecule has 0 heterocycles. The molecule has 0 unspecified atom stereocenters. The van der Waals surface area contributed by atoms with Crippen molar-refractivity contribution in [2.75, 3.05) is 40.6 Å². The van der Waals surface area contributed by atoms with Crippen molar-refractivity contribution in [1.29, 1.82) is 0 Å². The van der Waals surface area contributed by atoms with E-state index in [1.165, 1.54) is 51.2 Å². The maximum absolute atomic E-state index is 13.2. The Morgan fingerprint density at radius 3 is 1.19 bits per heavy atom. The Morgan fingerprint density at radius 2 is 0.857 bits per heavy atom. The van der Waals surface area contributed by atoms with Gasteiger partial charge in [0.05, 0.1) is 55.3 Å². The summed E-state index contributed by atoms with van der Waals surface area (Å²) in [5.74, 6) is -0.0273. The molecule has 77 heavy (non-hydrogen) atoms. The first-order valence-electron chi connectivity index (χ1n) is 24.2. The topological polar surface area (TPSA) is 211 Å². The Bertz CT molecular complexity index is 3490. The zero-order valence-electron chi connectivity index (χ0n) is 44.4. The summed E-state index contributed by atoms with van der Waals surface area (Å²) in [5.41, 5.74) is 7.10. The molecular weight excluding hydrogens is 1010 g/mol. The summed E-state index contributed by atoms with van der Waals surface area (Å²) in [5, 5.41) is 12.7. The third-order valence-corrected chi connectivity index (χ3v) is 15.6. The summed E-state index contributed by atoms with van der Waals surface area (Å²) in [6, 6.07) is 50.8. The van der Waals surface area contributed by atoms with Crippen molar-refractivity contribution in [3.8, 4) is 11.5 Å². The van der Waals surface area contributed by atoms with Gasteiger partial charge in [-0.1, -0.05) is 108 Å². The molecular formula is C59H63LiN4O11S2. The van der Waals surface area contributed by atoms with Crippen molar-refractivity contribution in [1.82, 2.24) is 0 Å². The van der Waals surface area contributed by atoms with Gasteiger partial charge in [-0.05, 0) is 112 Å². The first kappa shape index (κ1) is 60.3. The minimum atomic E-state index is -3.84. The first-order valence-corrected chi connectivity index (χ1v) is 27.2. The van der Waals surface area contributed by atoms with Gasteiger partial charge in [-0.15, -0.1) is 0 Å². The number of anilines is 4. The summed E-state index contributed by atoms with van der Waals surface area (Å²) in [7, 11) is -3.23. The zero-order chi connectivity index (χ0) is 53.9. The molecule has 0 fully saturated rings. The molecule has 0 aliphatic carbocycles. The van der Waals surface area contributed by atoms with Gasteiger partial charge in [0.25, 0.3) is 20.0 Å². The Hall–Kier alpha value is -7.52. The van der Waals surface area contributed by atoms with E-state index < -0.39 is 26.0 Å². The predicted octanol–water partition coefficient (Wildman–Crippen LogP) is 8.57. The van der Waals surface area contributed by atoms with E-state index in [0.717, 1.165) is 44.2 Å². The predicted molar refractivity (Wildman–Crippen MR) is 300 cm³/mol. The quantitative estimate of drug-likeness (QED) is 0.0483. The number of fused-ring (bicyclic) bond motifs is 2. The number of hydrogen-bond donors (Lipinski definition) is 3. The Labute approximate surface area is 463 Å². The Balaban J connectivity index is 0.000000277. The summed E-state index contributed by atoms with van der Waals surface area (Å²) < 4.78 is 73.3. The van der Waals surface area contributed by atoms with E-state index in [0.29, 0.717) is 41.3 Å². The van der Waals surface area contributed by atoms with Gasteiger partial charge in [0.1, 0.15) is 11.5 Å². The van der Waals surface area contributed by atoms with Crippen LogP contribution >= 0.6 is 0 Å². The standard InChI is InChI=1S/C30H32N2O5S.C29H30N2O5S.Li.H2O/c1-21-9-11-23(12-10-21)20-32(22(2)19-30(33)37-4)29-18-17-28(26-7-5-6-8-27(26)29)31-38(34,35)25-15-13-24(36-3)14-16-25;1-20-8-10-22(11-9-20)19-31(21(2)18-29(32)33)28-17-16-27(25-6-4-5-7-26(25)28)30-37(34,35)24-14-12-23(36-3)13-15-24;;/h5-18,22,31H,19-20H2,1-4H3;4-17,21,30H,18-19H2,1-3H3,(H,32,33);;1H2/q;;+1;/p-1/t22-;21-;;/m00../s1. The van der Waals surface area contributed by atoms with E-state index >= 15 is 0 Å². The van der Waals surface area contributed by atoms with Crippen molar-refractivity contribution in [3.63, 3.8) is 0 Å². The molecule has 0 saturated heterocycles. The number of carboxylic acid groups (broad SMARTS) is 1. The maximum Gasteiger partial charge on any atom is 1.00 e. The molecule has 0 spiro atoms. The number of ether oxygens (including phenoxy) is 3. The summed E-state index contributed by atoms with van der Waals surface area (Å²) in [4.78, 5) is 28.2. The number of hydrogen-bond acceptors (Lipinski definition) is 12. The van der Waals surface area contributed by atoms with Crippen LogP contribution in [0.25, 0.3) is 21.5 Å². The normalized spacial score (nSPS) is 11.8. The first-order chi connectivity index (χ1) is 35.9. The number of carboxylic acids is 1. The van der Waals surface area contributed by atoms with Crippen molar-refractivity contribution in [2.24, 2.45) is 0 Å². The molecule has 4 N–H and O–H groups in total. The van der Waals surface area contributed by atoms with Crippen LogP contribution in [-0.2, 0) is 47.5 Å². The SMILES string of the molecule is COC(=O)C[C@H](C)N(Cc1ccc(C)cc1)c1ccc(NS(=O)(=O)c2ccc(OC)cc2)c2ccccc12.COc1ccc(S(=O)(=O)Nc2ccc(N(Cc3ccc(C)cc3)[C@@H](C)CC(=O)O)c3ccccc23)cc1.[Li+].[OH-]. The second-order valence-corrected chi connectivity index (χ2v) is 21.6. The van der Waals surface area contributed by atoms with E-state index in [1.54, 1.807) is 36.4 Å². The number of esters is 1. The minimum Gasteiger partial charge on any atom is -0.870 e. The largest absolute Gasteiger partial charge is 1.00 e. The fourth-order valence-corrected chi connectivity index (χ4v) is 10.9. The third kappa shape index (κ3) is 15.3. The van der Waals surface area contributed by atoms with Crippen LogP contribution in [0.1, 0.15) is 48.9 Å². The van der Waals surface area contributed by atoms with Gasteiger partial charge in [-0.25, -0.2) is 16.8 Å². The molecule has 0 aliphatic heterocycles. The van der Waals surface area contributed by atoms with Gasteiger partial charge in [-0.2, -0.15) is 0 Å². The molecule has 8 aromatic carbocycles. The molecule has 2 atom stereocenters. The average Bonchev–Trinajstić information content (AvgIpc) is 3.40. The van der Waals surface area contributed by atoms with Gasteiger partial charge >= 0.3 is 30.8 Å². The molecule has 0 aliphatic rings. The summed E-state index contributed by atoms with van der Waals surface area (Å²) in [6.07, 6.45) is 0.175. The van der Waals surface area contributed by atoms with E-state index in [2.05, 4.69) is 43.5 Å². The van der Waals surface area contributed by atoms with Crippen LogP contribution in [0.2, 0.25) is 0 Å². The number of nitrogens with one attached hydrogen (secondary N) is 2. The summed E-state index contributed by atoms with van der Waals surface area (Å²) in [6.45, 7) is 9.01. The molecule has 0 radical (unpaired) electrons. The Morgan fingerprint density at radius 1 is 0.506 bits per heavy atom. The van der Waals surface area contributed by atoms with Gasteiger partial charge < -0.3 is 34.6 Å². The molecule has 15 nitrogen and oxygen atoms in total. The van der Waals surface area contributed by atoms with Crippen LogP contribution in [-0.4, -0.2) is 72.8 Å². The maximum atomic E-state index is 13.2. The summed E-state index contributed by atoms with van der Waals surface area (Å²) >= 11 is 0. The van der Waals surface area contributed by atoms with Gasteiger partial charge in [-0.3, -0.25) is 19.0 Å². The molecule has 0 saturated carbocycles. The van der Waals surface area contributed by atoms with Crippen LogP contribution < -0.4 is 47.6 Å². The molecule has 0 bridgehead atoms. The molecule has 8 aromatic rings. The van der Waals surface area contributed by atoms with Gasteiger partial charge in [0.15, 0.2) is 0 Å². The molecule has 18 heteroatoms. The molecule has 398 valence electrons. The van der Waals surface area contributed by atoms with Crippen LogP contribution in [0.15, 0.2) is 180 Å². The number of sulfonamides is 2. The molecule has 0 aromatic heterocycles. The van der Waals surface area contributed by atoms with Crippen molar-refractivity contribution < 1.29 is 70.1 Å². The van der Waals surface area contributed by atoms with Gasteiger partial charge in [0, 0.05) is 58.1 Å². The number of carbonyl (C=O) groups is 2.